The van der Waals surface area contributed by atoms with Crippen molar-refractivity contribution in [3.8, 4) is 0 Å². The van der Waals surface area contributed by atoms with Gasteiger partial charge < -0.3 is 10.6 Å². The minimum absolute atomic E-state index is 0.0183. The standard InChI is InChI=1S/C12H16N4O/c1-12(6-13-7-12)11(17)16-10-5-14-9(4-15-10)8-2-3-8/h4-5,8,13H,2-3,6-7H2,1H3,(H,15,16,17). The van der Waals surface area contributed by atoms with Gasteiger partial charge in [-0.05, 0) is 19.8 Å². The van der Waals surface area contributed by atoms with Crippen LogP contribution in [0.1, 0.15) is 31.4 Å². The highest BCUT2D eigenvalue weighted by atomic mass is 16.2. The number of hydrogen-bond donors (Lipinski definition) is 2. The van der Waals surface area contributed by atoms with E-state index < -0.39 is 0 Å². The maximum absolute atomic E-state index is 11.9. The van der Waals surface area contributed by atoms with E-state index in [1.54, 1.807) is 12.4 Å². The van der Waals surface area contributed by atoms with E-state index in [-0.39, 0.29) is 11.3 Å². The largest absolute Gasteiger partial charge is 0.315 e. The van der Waals surface area contributed by atoms with E-state index in [0.29, 0.717) is 11.7 Å². The van der Waals surface area contributed by atoms with Crippen molar-refractivity contribution >= 4 is 11.7 Å². The highest BCUT2D eigenvalue weighted by Crippen LogP contribution is 2.38. The molecule has 0 bridgehead atoms. The lowest BCUT2D eigenvalue weighted by Gasteiger charge is -2.37. The topological polar surface area (TPSA) is 66.9 Å². The molecule has 5 heteroatoms. The van der Waals surface area contributed by atoms with Crippen molar-refractivity contribution in [2.24, 2.45) is 5.41 Å². The van der Waals surface area contributed by atoms with Crippen LogP contribution >= 0.6 is 0 Å². The molecule has 0 unspecified atom stereocenters. The molecule has 0 spiro atoms. The molecule has 0 aromatic carbocycles. The Labute approximate surface area is 100 Å². The summed E-state index contributed by atoms with van der Waals surface area (Å²) < 4.78 is 0. The molecule has 2 aliphatic rings. The number of anilines is 1. The van der Waals surface area contributed by atoms with Crippen LogP contribution in [0.3, 0.4) is 0 Å². The Balaban J connectivity index is 1.66. The fourth-order valence-electron chi connectivity index (χ4n) is 1.92. The first kappa shape index (κ1) is 10.7. The number of amides is 1. The Morgan fingerprint density at radius 2 is 2.18 bits per heavy atom. The summed E-state index contributed by atoms with van der Waals surface area (Å²) in [4.78, 5) is 20.5. The van der Waals surface area contributed by atoms with Crippen molar-refractivity contribution < 1.29 is 4.79 Å². The van der Waals surface area contributed by atoms with Crippen molar-refractivity contribution in [3.05, 3.63) is 18.1 Å². The highest BCUT2D eigenvalue weighted by Gasteiger charge is 2.39. The molecule has 90 valence electrons. The normalized spacial score (nSPS) is 21.7. The molecular formula is C12H16N4O. The molecule has 0 radical (unpaired) electrons. The molecule has 1 saturated heterocycles. The Morgan fingerprint density at radius 3 is 2.65 bits per heavy atom. The third kappa shape index (κ3) is 2.02. The smallest absolute Gasteiger partial charge is 0.234 e. The van der Waals surface area contributed by atoms with Gasteiger partial charge >= 0.3 is 0 Å². The van der Waals surface area contributed by atoms with Crippen LogP contribution in [0, 0.1) is 5.41 Å². The van der Waals surface area contributed by atoms with E-state index in [9.17, 15) is 4.79 Å². The van der Waals surface area contributed by atoms with Crippen LogP contribution in [0.4, 0.5) is 5.82 Å². The lowest BCUT2D eigenvalue weighted by Crippen LogP contribution is -2.58. The van der Waals surface area contributed by atoms with Gasteiger partial charge in [0.05, 0.1) is 23.5 Å². The van der Waals surface area contributed by atoms with Crippen LogP contribution < -0.4 is 10.6 Å². The second kappa shape index (κ2) is 3.77. The molecule has 17 heavy (non-hydrogen) atoms. The molecule has 3 rings (SSSR count). The second-order valence-corrected chi connectivity index (χ2v) is 5.22. The zero-order valence-electron chi connectivity index (χ0n) is 9.86. The lowest BCUT2D eigenvalue weighted by atomic mass is 9.83. The van der Waals surface area contributed by atoms with Gasteiger partial charge in [0.15, 0.2) is 5.82 Å². The summed E-state index contributed by atoms with van der Waals surface area (Å²) >= 11 is 0. The van der Waals surface area contributed by atoms with Crippen molar-refractivity contribution in [2.45, 2.75) is 25.7 Å². The Kier molecular flexibility index (Phi) is 2.36. The molecule has 2 heterocycles. The quantitative estimate of drug-likeness (QED) is 0.812. The van der Waals surface area contributed by atoms with Crippen LogP contribution in [0.15, 0.2) is 12.4 Å². The summed E-state index contributed by atoms with van der Waals surface area (Å²) in [5, 5.41) is 5.92. The number of hydrogen-bond acceptors (Lipinski definition) is 4. The zero-order chi connectivity index (χ0) is 11.9. The van der Waals surface area contributed by atoms with E-state index in [4.69, 9.17) is 0 Å². The SMILES string of the molecule is CC1(C(=O)Nc2cnc(C3CC3)cn2)CNC1. The van der Waals surface area contributed by atoms with Crippen LogP contribution in [0.2, 0.25) is 0 Å². The van der Waals surface area contributed by atoms with Gasteiger partial charge in [0, 0.05) is 19.0 Å². The molecule has 0 atom stereocenters. The Morgan fingerprint density at radius 1 is 1.41 bits per heavy atom. The molecule has 1 saturated carbocycles. The van der Waals surface area contributed by atoms with E-state index in [1.165, 1.54) is 12.8 Å². The number of aromatic nitrogens is 2. The maximum Gasteiger partial charge on any atom is 0.234 e. The molecule has 5 nitrogen and oxygen atoms in total. The van der Waals surface area contributed by atoms with Gasteiger partial charge in [0.25, 0.3) is 0 Å². The van der Waals surface area contributed by atoms with Crippen LogP contribution in [0.25, 0.3) is 0 Å². The molecule has 1 aromatic rings. The molecule has 1 aliphatic carbocycles. The maximum atomic E-state index is 11.9. The van der Waals surface area contributed by atoms with Crippen LogP contribution in [-0.2, 0) is 4.79 Å². The zero-order valence-corrected chi connectivity index (χ0v) is 9.86. The number of nitrogens with one attached hydrogen (secondary N) is 2. The van der Waals surface area contributed by atoms with E-state index in [1.807, 2.05) is 6.92 Å². The summed E-state index contributed by atoms with van der Waals surface area (Å²) in [5.74, 6) is 1.16. The summed E-state index contributed by atoms with van der Waals surface area (Å²) in [6, 6.07) is 0. The van der Waals surface area contributed by atoms with Crippen LogP contribution in [-0.4, -0.2) is 29.0 Å². The third-order valence-corrected chi connectivity index (χ3v) is 3.49. The van der Waals surface area contributed by atoms with E-state index >= 15 is 0 Å². The molecule has 1 aliphatic heterocycles. The molecule has 1 amide bonds. The predicted octanol–water partition coefficient (Wildman–Crippen LogP) is 0.902. The second-order valence-electron chi connectivity index (χ2n) is 5.22. The number of rotatable bonds is 3. The minimum atomic E-state index is -0.295. The van der Waals surface area contributed by atoms with E-state index in [0.717, 1.165) is 18.8 Å². The number of nitrogens with zero attached hydrogens (tertiary/aromatic N) is 2. The van der Waals surface area contributed by atoms with Crippen molar-refractivity contribution in [1.29, 1.82) is 0 Å². The Hall–Kier alpha value is -1.49. The summed E-state index contributed by atoms with van der Waals surface area (Å²) in [6.45, 7) is 3.41. The summed E-state index contributed by atoms with van der Waals surface area (Å²) in [5.41, 5.74) is 0.746. The Bertz CT molecular complexity index is 434. The van der Waals surface area contributed by atoms with Crippen LogP contribution in [0.5, 0.6) is 0 Å². The van der Waals surface area contributed by atoms with Gasteiger partial charge in [-0.15, -0.1) is 0 Å². The van der Waals surface area contributed by atoms with Gasteiger partial charge in [0.2, 0.25) is 5.91 Å². The van der Waals surface area contributed by atoms with Crippen molar-refractivity contribution in [3.63, 3.8) is 0 Å². The monoisotopic (exact) mass is 232 g/mol. The fraction of sp³-hybridized carbons (Fsp3) is 0.583. The number of carbonyl (C=O) groups excluding carboxylic acids is 1. The van der Waals surface area contributed by atoms with Crippen molar-refractivity contribution in [1.82, 2.24) is 15.3 Å². The first-order valence-electron chi connectivity index (χ1n) is 6.01. The van der Waals surface area contributed by atoms with Gasteiger partial charge in [-0.25, -0.2) is 4.98 Å². The number of carbonyl (C=O) groups is 1. The van der Waals surface area contributed by atoms with Crippen molar-refractivity contribution in [2.75, 3.05) is 18.4 Å². The average molecular weight is 232 g/mol. The van der Waals surface area contributed by atoms with Gasteiger partial charge in [-0.2, -0.15) is 0 Å². The first-order chi connectivity index (χ1) is 8.17. The predicted molar refractivity (Wildman–Crippen MR) is 63.6 cm³/mol. The highest BCUT2D eigenvalue weighted by molar-refractivity contribution is 5.95. The van der Waals surface area contributed by atoms with Gasteiger partial charge in [-0.3, -0.25) is 9.78 Å². The molecular weight excluding hydrogens is 216 g/mol. The van der Waals surface area contributed by atoms with E-state index in [2.05, 4.69) is 20.6 Å². The summed E-state index contributed by atoms with van der Waals surface area (Å²) in [6.07, 6.45) is 5.85. The minimum Gasteiger partial charge on any atom is -0.315 e. The molecule has 2 fully saturated rings. The van der Waals surface area contributed by atoms with Gasteiger partial charge in [0.1, 0.15) is 0 Å². The molecule has 1 aromatic heterocycles. The third-order valence-electron chi connectivity index (χ3n) is 3.49. The first-order valence-corrected chi connectivity index (χ1v) is 6.01. The fourth-order valence-corrected chi connectivity index (χ4v) is 1.92. The average Bonchev–Trinajstić information content (AvgIpc) is 3.11. The molecule has 2 N–H and O–H groups in total. The summed E-state index contributed by atoms with van der Waals surface area (Å²) in [7, 11) is 0. The van der Waals surface area contributed by atoms with Gasteiger partial charge in [-0.1, -0.05) is 0 Å². The lowest BCUT2D eigenvalue weighted by molar-refractivity contribution is -0.127.